The molecule has 0 N–H and O–H groups in total. The van der Waals surface area contributed by atoms with Gasteiger partial charge in [0.1, 0.15) is 0 Å². The zero-order valence-electron chi connectivity index (χ0n) is 34.0. The topological polar surface area (TPSA) is 30.7 Å². The van der Waals surface area contributed by atoms with E-state index in [1.54, 1.807) is 0 Å². The Labute approximate surface area is 353 Å². The summed E-state index contributed by atoms with van der Waals surface area (Å²) in [7, 11) is 0. The Bertz CT molecular complexity index is 3230. The van der Waals surface area contributed by atoms with Crippen LogP contribution < -0.4 is 17.7 Å². The van der Waals surface area contributed by atoms with E-state index >= 15 is 0 Å². The molecule has 1 atom stereocenters. The number of para-hydroxylation sites is 1. The fourth-order valence-corrected chi connectivity index (χ4v) is 21.6. The second-order valence-electron chi connectivity index (χ2n) is 17.5. The average Bonchev–Trinajstić information content (AvgIpc) is 3.89. The molecule has 0 fully saturated rings. The summed E-state index contributed by atoms with van der Waals surface area (Å²) in [5, 5.41) is 2.61. The van der Waals surface area contributed by atoms with Gasteiger partial charge in [0.15, 0.2) is 0 Å². The van der Waals surface area contributed by atoms with Crippen LogP contribution in [0.25, 0.3) is 60.9 Å². The Morgan fingerprint density at radius 3 is 1.92 bits per heavy atom. The Balaban J connectivity index is 1.07. The van der Waals surface area contributed by atoms with Crippen molar-refractivity contribution in [3.63, 3.8) is 0 Å². The molecular weight excluding hydrogens is 787 g/mol. The molecule has 2 aromatic heterocycles. The molecule has 0 spiro atoms. The van der Waals surface area contributed by atoms with Crippen LogP contribution in [0.15, 0.2) is 194 Å². The van der Waals surface area contributed by atoms with E-state index in [1.165, 1.54) is 72.9 Å². The summed E-state index contributed by atoms with van der Waals surface area (Å²) in [5.41, 5.74) is 13.2. The zero-order chi connectivity index (χ0) is 40.2. The second-order valence-corrected chi connectivity index (χ2v) is 25.2. The molecule has 1 aliphatic heterocycles. The van der Waals surface area contributed by atoms with Gasteiger partial charge in [-0.05, 0) is 0 Å². The predicted octanol–water partition coefficient (Wildman–Crippen LogP) is 10.7. The fourth-order valence-electron chi connectivity index (χ4n) is 11.1. The van der Waals surface area contributed by atoms with Crippen LogP contribution in [0.4, 0.5) is 0 Å². The van der Waals surface area contributed by atoms with Crippen molar-refractivity contribution in [3.05, 3.63) is 211 Å². The first-order valence-electron chi connectivity index (χ1n) is 21.2. The van der Waals surface area contributed by atoms with E-state index in [0.29, 0.717) is 0 Å². The summed E-state index contributed by atoms with van der Waals surface area (Å²) < 4.78 is 8.03. The Morgan fingerprint density at radius 2 is 1.20 bits per heavy atom. The van der Waals surface area contributed by atoms with Gasteiger partial charge in [-0.2, -0.15) is 0 Å². The molecule has 1 unspecified atom stereocenters. The molecule has 4 heteroatoms. The molecular formula is C56H43GeN3. The van der Waals surface area contributed by atoms with Crippen LogP contribution in [0.2, 0.25) is 0 Å². The van der Waals surface area contributed by atoms with Crippen LogP contribution in [-0.2, 0) is 11.0 Å². The van der Waals surface area contributed by atoms with Crippen molar-refractivity contribution in [1.82, 2.24) is 14.5 Å². The Hall–Kier alpha value is -6.56. The number of allylic oxidation sites excluding steroid dienone is 4. The quantitative estimate of drug-likeness (QED) is 0.162. The van der Waals surface area contributed by atoms with Crippen LogP contribution in [0.1, 0.15) is 44.1 Å². The summed E-state index contributed by atoms with van der Waals surface area (Å²) in [4.78, 5) is 11.4. The molecule has 0 saturated carbocycles. The van der Waals surface area contributed by atoms with Crippen molar-refractivity contribution in [2.75, 3.05) is 0 Å². The van der Waals surface area contributed by atoms with Gasteiger partial charge < -0.3 is 0 Å². The number of benzene rings is 7. The molecule has 0 saturated heterocycles. The number of rotatable bonds is 5. The van der Waals surface area contributed by atoms with Gasteiger partial charge in [0, 0.05) is 0 Å². The first-order valence-corrected chi connectivity index (χ1v) is 25.3. The standard InChI is InChI=1S/C56H43GeN3/c1-55(2)46-28-16-13-25-41(46)43-31-32-44-42-26-15-18-30-48(42)60(52(44)50(43)55)56(3)35-33-38(34-36-56)54-58-51(37-19-7-4-8-20-37)49-45-27-14-17-29-47(45)57(53(49)59-54,39-21-9-5-10-22-39)40-23-11-6-12-24-40/h4-35H,36H2,1-3H3. The van der Waals surface area contributed by atoms with Crippen molar-refractivity contribution in [1.29, 1.82) is 0 Å². The summed E-state index contributed by atoms with van der Waals surface area (Å²) in [5.74, 6) is 0.792. The van der Waals surface area contributed by atoms with Crippen molar-refractivity contribution in [3.8, 4) is 33.5 Å². The van der Waals surface area contributed by atoms with Gasteiger partial charge in [0.05, 0.1) is 0 Å². The number of hydrogen-bond acceptors (Lipinski definition) is 2. The first-order chi connectivity index (χ1) is 29.4. The molecule has 60 heavy (non-hydrogen) atoms. The third-order valence-electron chi connectivity index (χ3n) is 13.8. The van der Waals surface area contributed by atoms with Gasteiger partial charge in [0.25, 0.3) is 0 Å². The minimum absolute atomic E-state index is 0.147. The molecule has 0 amide bonds. The zero-order valence-corrected chi connectivity index (χ0v) is 36.1. The monoisotopic (exact) mass is 831 g/mol. The van der Waals surface area contributed by atoms with Gasteiger partial charge in [-0.15, -0.1) is 0 Å². The third-order valence-corrected chi connectivity index (χ3v) is 23.7. The van der Waals surface area contributed by atoms with Crippen LogP contribution in [0.3, 0.4) is 0 Å². The normalized spacial score (nSPS) is 17.9. The van der Waals surface area contributed by atoms with E-state index in [9.17, 15) is 0 Å². The van der Waals surface area contributed by atoms with Gasteiger partial charge in [0.2, 0.25) is 0 Å². The summed E-state index contributed by atoms with van der Waals surface area (Å²) in [6, 6.07) is 64.9. The predicted molar refractivity (Wildman–Crippen MR) is 252 cm³/mol. The van der Waals surface area contributed by atoms with Gasteiger partial charge in [-0.3, -0.25) is 0 Å². The van der Waals surface area contributed by atoms with Crippen LogP contribution in [0, 0.1) is 0 Å². The summed E-state index contributed by atoms with van der Waals surface area (Å²) in [6.07, 6.45) is 7.95. The van der Waals surface area contributed by atoms with Crippen LogP contribution in [-0.4, -0.2) is 27.8 Å². The van der Waals surface area contributed by atoms with E-state index in [4.69, 9.17) is 9.97 Å². The van der Waals surface area contributed by atoms with Crippen LogP contribution in [0.5, 0.6) is 0 Å². The van der Waals surface area contributed by atoms with Crippen molar-refractivity contribution in [2.24, 2.45) is 0 Å². The van der Waals surface area contributed by atoms with E-state index in [1.807, 2.05) is 0 Å². The van der Waals surface area contributed by atoms with Gasteiger partial charge in [-0.25, -0.2) is 0 Å². The molecule has 3 nitrogen and oxygen atoms in total. The molecule has 2 aliphatic carbocycles. The third kappa shape index (κ3) is 4.78. The molecule has 286 valence electrons. The van der Waals surface area contributed by atoms with Gasteiger partial charge >= 0.3 is 331 Å². The van der Waals surface area contributed by atoms with Crippen LogP contribution >= 0.6 is 0 Å². The van der Waals surface area contributed by atoms with E-state index < -0.39 is 13.3 Å². The number of nitrogens with zero attached hydrogens (tertiary/aromatic N) is 3. The second kappa shape index (κ2) is 13.0. The van der Waals surface area contributed by atoms with Gasteiger partial charge in [-0.1, -0.05) is 24.3 Å². The fraction of sp³-hybridized carbons (Fsp3) is 0.107. The van der Waals surface area contributed by atoms with E-state index in [2.05, 4.69) is 219 Å². The number of fused-ring (bicyclic) bond motifs is 10. The Kier molecular flexibility index (Phi) is 7.65. The van der Waals surface area contributed by atoms with Crippen molar-refractivity contribution in [2.45, 2.75) is 38.1 Å². The molecule has 12 rings (SSSR count). The SMILES string of the molecule is CC1(C)c2ccccc2-c2ccc3c4ccccc4n(C4(C)C=CC(c5nc(-c6ccccc6)c6[c](n5)[Ge]([c]5ccccc5)([c]5ccccc5)[c]5ccccc5-6)=CC4)c3c21. The molecule has 3 heterocycles. The first kappa shape index (κ1) is 35.4. The number of aromatic nitrogens is 3. The molecule has 0 bridgehead atoms. The van der Waals surface area contributed by atoms with E-state index in [-0.39, 0.29) is 11.0 Å². The summed E-state index contributed by atoms with van der Waals surface area (Å²) in [6.45, 7) is 7.20. The number of hydrogen-bond donors (Lipinski definition) is 0. The van der Waals surface area contributed by atoms with E-state index in [0.717, 1.165) is 29.1 Å². The molecule has 0 radical (unpaired) electrons. The maximum atomic E-state index is 5.83. The molecule has 3 aliphatic rings. The maximum absolute atomic E-state index is 5.83. The average molecular weight is 831 g/mol. The molecule has 9 aromatic rings. The Morgan fingerprint density at radius 1 is 0.567 bits per heavy atom. The van der Waals surface area contributed by atoms with Crippen molar-refractivity contribution >= 4 is 58.4 Å². The van der Waals surface area contributed by atoms with Crippen molar-refractivity contribution < 1.29 is 0 Å². The molecule has 7 aromatic carbocycles. The summed E-state index contributed by atoms with van der Waals surface area (Å²) >= 11 is -3.66. The minimum atomic E-state index is -3.66.